The SMILES string of the molecule is O=Nc1ccc(F)cc1OC1CO[C@@H]2CCO[C@H]12. The van der Waals surface area contributed by atoms with Gasteiger partial charge in [-0.15, -0.1) is 4.91 Å². The van der Waals surface area contributed by atoms with Gasteiger partial charge < -0.3 is 14.2 Å². The van der Waals surface area contributed by atoms with E-state index in [1.165, 1.54) is 12.1 Å². The fraction of sp³-hybridized carbons (Fsp3) is 0.500. The lowest BCUT2D eigenvalue weighted by molar-refractivity contribution is 0.0310. The highest BCUT2D eigenvalue weighted by Crippen LogP contribution is 2.34. The molecule has 2 heterocycles. The van der Waals surface area contributed by atoms with Gasteiger partial charge in [-0.1, -0.05) is 0 Å². The predicted octanol–water partition coefficient (Wildman–Crippen LogP) is 2.16. The normalized spacial score (nSPS) is 30.2. The predicted molar refractivity (Wildman–Crippen MR) is 60.4 cm³/mol. The Bertz CT molecular complexity index is 467. The van der Waals surface area contributed by atoms with E-state index in [0.29, 0.717) is 13.2 Å². The number of hydrogen-bond donors (Lipinski definition) is 0. The minimum absolute atomic E-state index is 0.0381. The van der Waals surface area contributed by atoms with Gasteiger partial charge in [-0.3, -0.25) is 0 Å². The van der Waals surface area contributed by atoms with E-state index in [0.717, 1.165) is 12.5 Å². The Morgan fingerprint density at radius 1 is 1.39 bits per heavy atom. The lowest BCUT2D eigenvalue weighted by Crippen LogP contribution is -2.32. The topological polar surface area (TPSA) is 57.1 Å². The molecule has 0 amide bonds. The van der Waals surface area contributed by atoms with Crippen molar-refractivity contribution < 1.29 is 18.6 Å². The molecule has 0 spiro atoms. The molecule has 18 heavy (non-hydrogen) atoms. The number of fused-ring (bicyclic) bond motifs is 1. The van der Waals surface area contributed by atoms with E-state index in [9.17, 15) is 9.30 Å². The first-order valence-corrected chi connectivity index (χ1v) is 5.80. The molecule has 5 nitrogen and oxygen atoms in total. The molecule has 96 valence electrons. The van der Waals surface area contributed by atoms with E-state index in [4.69, 9.17) is 14.2 Å². The molecular formula is C12H12FNO4. The summed E-state index contributed by atoms with van der Waals surface area (Å²) < 4.78 is 29.8. The van der Waals surface area contributed by atoms with Crippen LogP contribution in [0, 0.1) is 10.7 Å². The minimum Gasteiger partial charge on any atom is -0.483 e. The van der Waals surface area contributed by atoms with Crippen molar-refractivity contribution in [2.75, 3.05) is 13.2 Å². The van der Waals surface area contributed by atoms with Crippen LogP contribution in [-0.2, 0) is 9.47 Å². The second kappa shape index (κ2) is 4.62. The van der Waals surface area contributed by atoms with Gasteiger partial charge in [-0.25, -0.2) is 4.39 Å². The third-order valence-electron chi connectivity index (χ3n) is 3.22. The quantitative estimate of drug-likeness (QED) is 0.774. The molecule has 0 N–H and O–H groups in total. The molecule has 3 rings (SSSR count). The minimum atomic E-state index is -0.472. The first-order chi connectivity index (χ1) is 8.78. The maximum Gasteiger partial charge on any atom is 0.152 e. The number of rotatable bonds is 3. The number of nitroso groups, excluding NO2 is 1. The summed E-state index contributed by atoms with van der Waals surface area (Å²) in [6.45, 7) is 1.02. The Morgan fingerprint density at radius 2 is 2.28 bits per heavy atom. The van der Waals surface area contributed by atoms with Crippen molar-refractivity contribution in [1.29, 1.82) is 0 Å². The molecular weight excluding hydrogens is 241 g/mol. The van der Waals surface area contributed by atoms with E-state index in [1.54, 1.807) is 0 Å². The Kier molecular flexibility index (Phi) is 2.97. The smallest absolute Gasteiger partial charge is 0.152 e. The summed E-state index contributed by atoms with van der Waals surface area (Å²) in [5.74, 6) is -0.338. The molecule has 0 aromatic heterocycles. The van der Waals surface area contributed by atoms with E-state index in [2.05, 4.69) is 5.18 Å². The average molecular weight is 253 g/mol. The van der Waals surface area contributed by atoms with Crippen molar-refractivity contribution in [1.82, 2.24) is 0 Å². The highest BCUT2D eigenvalue weighted by molar-refractivity contribution is 5.51. The van der Waals surface area contributed by atoms with Crippen LogP contribution in [0.25, 0.3) is 0 Å². The first kappa shape index (κ1) is 11.6. The van der Waals surface area contributed by atoms with Crippen LogP contribution in [0.4, 0.5) is 10.1 Å². The maximum absolute atomic E-state index is 13.1. The number of hydrogen-bond acceptors (Lipinski definition) is 5. The molecule has 3 atom stereocenters. The maximum atomic E-state index is 13.1. The van der Waals surface area contributed by atoms with Gasteiger partial charge in [0.1, 0.15) is 17.6 Å². The molecule has 1 unspecified atom stereocenters. The molecule has 0 saturated carbocycles. The van der Waals surface area contributed by atoms with Crippen LogP contribution in [0.3, 0.4) is 0 Å². The molecule has 2 aliphatic rings. The second-order valence-corrected chi connectivity index (χ2v) is 4.36. The summed E-state index contributed by atoms with van der Waals surface area (Å²) in [6, 6.07) is 3.61. The molecule has 2 aliphatic heterocycles. The van der Waals surface area contributed by atoms with Crippen molar-refractivity contribution in [2.24, 2.45) is 5.18 Å². The summed E-state index contributed by atoms with van der Waals surface area (Å²) in [5, 5.41) is 2.82. The van der Waals surface area contributed by atoms with Crippen LogP contribution in [0.2, 0.25) is 0 Å². The molecule has 1 aromatic rings. The Balaban J connectivity index is 1.80. The van der Waals surface area contributed by atoms with Crippen molar-refractivity contribution >= 4 is 5.69 Å². The van der Waals surface area contributed by atoms with Crippen LogP contribution in [0.15, 0.2) is 23.4 Å². The second-order valence-electron chi connectivity index (χ2n) is 4.36. The molecule has 1 aromatic carbocycles. The van der Waals surface area contributed by atoms with Crippen molar-refractivity contribution in [3.05, 3.63) is 28.9 Å². The zero-order chi connectivity index (χ0) is 12.5. The zero-order valence-corrected chi connectivity index (χ0v) is 9.54. The molecule has 0 bridgehead atoms. The summed E-state index contributed by atoms with van der Waals surface area (Å²) in [6.07, 6.45) is 0.413. The van der Waals surface area contributed by atoms with Gasteiger partial charge in [0.05, 0.1) is 12.7 Å². The van der Waals surface area contributed by atoms with Crippen LogP contribution < -0.4 is 4.74 Å². The van der Waals surface area contributed by atoms with Gasteiger partial charge in [0.25, 0.3) is 0 Å². The van der Waals surface area contributed by atoms with Crippen LogP contribution in [-0.4, -0.2) is 31.5 Å². The third-order valence-corrected chi connectivity index (χ3v) is 3.22. The highest BCUT2D eigenvalue weighted by Gasteiger charge is 2.43. The third kappa shape index (κ3) is 1.97. The van der Waals surface area contributed by atoms with E-state index in [-0.39, 0.29) is 29.7 Å². The number of ether oxygens (including phenoxy) is 3. The zero-order valence-electron chi connectivity index (χ0n) is 9.54. The van der Waals surface area contributed by atoms with Crippen LogP contribution in [0.5, 0.6) is 5.75 Å². The summed E-state index contributed by atoms with van der Waals surface area (Å²) >= 11 is 0. The van der Waals surface area contributed by atoms with Crippen LogP contribution in [0.1, 0.15) is 6.42 Å². The number of halogens is 1. The first-order valence-electron chi connectivity index (χ1n) is 5.80. The highest BCUT2D eigenvalue weighted by atomic mass is 19.1. The van der Waals surface area contributed by atoms with Crippen molar-refractivity contribution in [3.63, 3.8) is 0 Å². The monoisotopic (exact) mass is 253 g/mol. The van der Waals surface area contributed by atoms with Gasteiger partial charge in [-0.2, -0.15) is 0 Å². The summed E-state index contributed by atoms with van der Waals surface area (Å²) in [4.78, 5) is 10.6. The fourth-order valence-corrected chi connectivity index (χ4v) is 2.35. The van der Waals surface area contributed by atoms with Gasteiger partial charge in [0.2, 0.25) is 0 Å². The standard InChI is InChI=1S/C12H12FNO4/c13-7-1-2-8(14-15)10(5-7)18-11-6-17-9-3-4-16-12(9)11/h1-2,5,9,11-12H,3-4,6H2/t9-,11?,12+/m1/s1. The number of nitrogens with zero attached hydrogens (tertiary/aromatic N) is 1. The average Bonchev–Trinajstić information content (AvgIpc) is 2.94. The largest absolute Gasteiger partial charge is 0.483 e. The molecule has 0 radical (unpaired) electrons. The van der Waals surface area contributed by atoms with Crippen LogP contribution >= 0.6 is 0 Å². The molecule has 2 fully saturated rings. The van der Waals surface area contributed by atoms with Crippen molar-refractivity contribution in [3.8, 4) is 5.75 Å². The fourth-order valence-electron chi connectivity index (χ4n) is 2.35. The van der Waals surface area contributed by atoms with Gasteiger partial charge in [0, 0.05) is 12.7 Å². The van der Waals surface area contributed by atoms with Gasteiger partial charge in [0.15, 0.2) is 11.9 Å². The van der Waals surface area contributed by atoms with Crippen molar-refractivity contribution in [2.45, 2.75) is 24.7 Å². The molecule has 0 aliphatic carbocycles. The van der Waals surface area contributed by atoms with E-state index in [1.807, 2.05) is 0 Å². The Hall–Kier alpha value is -1.53. The Morgan fingerprint density at radius 3 is 3.11 bits per heavy atom. The molecule has 6 heteroatoms. The van der Waals surface area contributed by atoms with Gasteiger partial charge >= 0.3 is 0 Å². The summed E-state index contributed by atoms with van der Waals surface area (Å²) in [5.41, 5.74) is 0.0813. The lowest BCUT2D eigenvalue weighted by atomic mass is 10.1. The number of benzene rings is 1. The van der Waals surface area contributed by atoms with E-state index < -0.39 is 5.82 Å². The van der Waals surface area contributed by atoms with E-state index >= 15 is 0 Å². The Labute approximate surface area is 103 Å². The van der Waals surface area contributed by atoms with Gasteiger partial charge in [-0.05, 0) is 23.7 Å². The lowest BCUT2D eigenvalue weighted by Gasteiger charge is -2.18. The molecule has 2 saturated heterocycles. The summed E-state index contributed by atoms with van der Waals surface area (Å²) in [7, 11) is 0.